The summed E-state index contributed by atoms with van der Waals surface area (Å²) in [7, 11) is 0. The van der Waals surface area contributed by atoms with Crippen LogP contribution in [0.1, 0.15) is 16.1 Å². The lowest BCUT2D eigenvalue weighted by Crippen LogP contribution is -2.24. The number of aromatic amines is 1. The highest BCUT2D eigenvalue weighted by molar-refractivity contribution is 5.93. The highest BCUT2D eigenvalue weighted by Crippen LogP contribution is 2.22. The molecule has 3 aromatic heterocycles. The van der Waals surface area contributed by atoms with Gasteiger partial charge in [0.05, 0.1) is 0 Å². The summed E-state index contributed by atoms with van der Waals surface area (Å²) in [6.07, 6.45) is 5.41. The molecule has 3 N–H and O–H groups in total. The first-order valence-electron chi connectivity index (χ1n) is 6.03. The quantitative estimate of drug-likeness (QED) is 0.728. The molecule has 0 saturated carbocycles. The number of aromatic nitrogens is 3. The average Bonchev–Trinajstić information content (AvgIpc) is 2.85. The summed E-state index contributed by atoms with van der Waals surface area (Å²) in [6, 6.07) is 5.27. The van der Waals surface area contributed by atoms with E-state index in [-0.39, 0.29) is 5.56 Å². The maximum atomic E-state index is 11.7. The molecule has 0 aromatic carbocycles. The van der Waals surface area contributed by atoms with Crippen molar-refractivity contribution in [3.05, 3.63) is 58.4 Å². The van der Waals surface area contributed by atoms with E-state index in [1.807, 2.05) is 28.9 Å². The molecule has 6 heteroatoms. The van der Waals surface area contributed by atoms with Gasteiger partial charge in [-0.3, -0.25) is 9.59 Å². The number of pyridine rings is 2. The Hall–Kier alpha value is -2.89. The average molecular weight is 268 g/mol. The Kier molecular flexibility index (Phi) is 2.64. The van der Waals surface area contributed by atoms with Crippen molar-refractivity contribution >= 4 is 11.6 Å². The summed E-state index contributed by atoms with van der Waals surface area (Å²) in [6.45, 7) is 1.78. The Bertz CT molecular complexity index is 876. The number of H-pyrrole nitrogens is 1. The van der Waals surface area contributed by atoms with Crippen molar-refractivity contribution in [2.24, 2.45) is 5.73 Å². The molecule has 0 spiro atoms. The number of nitrogens with zero attached hydrogens (tertiary/aromatic N) is 2. The Morgan fingerprint density at radius 1 is 1.40 bits per heavy atom. The summed E-state index contributed by atoms with van der Waals surface area (Å²) < 4.78 is 1.86. The largest absolute Gasteiger partial charge is 0.365 e. The molecular weight excluding hydrogens is 256 g/mol. The highest BCUT2D eigenvalue weighted by Gasteiger charge is 2.12. The molecule has 0 aliphatic heterocycles. The molecule has 6 nitrogen and oxygen atoms in total. The minimum Gasteiger partial charge on any atom is -0.365 e. The van der Waals surface area contributed by atoms with Gasteiger partial charge in [-0.1, -0.05) is 0 Å². The molecule has 0 fully saturated rings. The van der Waals surface area contributed by atoms with Crippen LogP contribution in [0.3, 0.4) is 0 Å². The van der Waals surface area contributed by atoms with E-state index in [1.54, 1.807) is 13.1 Å². The molecule has 0 atom stereocenters. The first kappa shape index (κ1) is 12.2. The van der Waals surface area contributed by atoms with Crippen LogP contribution in [0.2, 0.25) is 0 Å². The number of carbonyl (C=O) groups excluding carboxylic acids is 1. The van der Waals surface area contributed by atoms with Crippen molar-refractivity contribution in [2.75, 3.05) is 0 Å². The van der Waals surface area contributed by atoms with Gasteiger partial charge in [-0.25, -0.2) is 4.98 Å². The monoisotopic (exact) mass is 268 g/mol. The molecule has 0 saturated heterocycles. The fourth-order valence-electron chi connectivity index (χ4n) is 2.19. The number of carbonyl (C=O) groups is 1. The van der Waals surface area contributed by atoms with Gasteiger partial charge in [0.1, 0.15) is 11.2 Å². The van der Waals surface area contributed by atoms with Crippen LogP contribution in [0.25, 0.3) is 16.8 Å². The van der Waals surface area contributed by atoms with Gasteiger partial charge in [-0.05, 0) is 25.1 Å². The third-order valence-corrected chi connectivity index (χ3v) is 3.20. The molecule has 3 rings (SSSR count). The van der Waals surface area contributed by atoms with E-state index in [4.69, 9.17) is 5.73 Å². The lowest BCUT2D eigenvalue weighted by Gasteiger charge is -2.08. The van der Waals surface area contributed by atoms with E-state index >= 15 is 0 Å². The standard InChI is InChI=1S/C14H12N4O2/c1-8-10(6-11(13(15)19)14(20)17-8)9-2-3-12-16-4-5-18(12)7-9/h2-7H,1H3,(H2,15,19)(H,17,20). The van der Waals surface area contributed by atoms with Crippen molar-refractivity contribution in [1.29, 1.82) is 0 Å². The number of hydrogen-bond donors (Lipinski definition) is 2. The third-order valence-electron chi connectivity index (χ3n) is 3.20. The van der Waals surface area contributed by atoms with Crippen LogP contribution in [-0.2, 0) is 0 Å². The topological polar surface area (TPSA) is 93.2 Å². The zero-order valence-electron chi connectivity index (χ0n) is 10.8. The van der Waals surface area contributed by atoms with Crippen LogP contribution in [0, 0.1) is 6.92 Å². The van der Waals surface area contributed by atoms with Crippen molar-refractivity contribution in [1.82, 2.24) is 14.4 Å². The molecule has 0 unspecified atom stereocenters. The molecule has 3 aromatic rings. The Morgan fingerprint density at radius 3 is 2.95 bits per heavy atom. The molecule has 1 amide bonds. The van der Waals surface area contributed by atoms with Gasteiger partial charge in [0.15, 0.2) is 0 Å². The molecule has 0 aliphatic carbocycles. The lowest BCUT2D eigenvalue weighted by molar-refractivity contribution is 0.0999. The van der Waals surface area contributed by atoms with Gasteiger partial charge in [-0.15, -0.1) is 0 Å². The zero-order chi connectivity index (χ0) is 14.3. The lowest BCUT2D eigenvalue weighted by atomic mass is 10.0. The number of rotatable bonds is 2. The number of fused-ring (bicyclic) bond motifs is 1. The molecule has 20 heavy (non-hydrogen) atoms. The summed E-state index contributed by atoms with van der Waals surface area (Å²) >= 11 is 0. The Morgan fingerprint density at radius 2 is 2.20 bits per heavy atom. The summed E-state index contributed by atoms with van der Waals surface area (Å²) in [5, 5.41) is 0. The highest BCUT2D eigenvalue weighted by atomic mass is 16.2. The molecular formula is C14H12N4O2. The number of imidazole rings is 1. The van der Waals surface area contributed by atoms with E-state index < -0.39 is 11.5 Å². The van der Waals surface area contributed by atoms with Gasteiger partial charge < -0.3 is 15.1 Å². The maximum absolute atomic E-state index is 11.7. The normalized spacial score (nSPS) is 10.8. The molecule has 3 heterocycles. The van der Waals surface area contributed by atoms with E-state index in [0.29, 0.717) is 5.69 Å². The smallest absolute Gasteiger partial charge is 0.261 e. The zero-order valence-corrected chi connectivity index (χ0v) is 10.8. The van der Waals surface area contributed by atoms with Gasteiger partial charge in [0.25, 0.3) is 11.5 Å². The fourth-order valence-corrected chi connectivity index (χ4v) is 2.19. The SMILES string of the molecule is Cc1[nH]c(=O)c(C(N)=O)cc1-c1ccc2nccn2c1. The van der Waals surface area contributed by atoms with Gasteiger partial charge in [0, 0.05) is 35.4 Å². The third kappa shape index (κ3) is 1.87. The van der Waals surface area contributed by atoms with Crippen LogP contribution in [0.4, 0.5) is 0 Å². The number of amides is 1. The first-order valence-corrected chi connectivity index (χ1v) is 6.03. The van der Waals surface area contributed by atoms with Gasteiger partial charge >= 0.3 is 0 Å². The van der Waals surface area contributed by atoms with Crippen LogP contribution in [-0.4, -0.2) is 20.3 Å². The Balaban J connectivity index is 2.24. The minimum atomic E-state index is -0.740. The van der Waals surface area contributed by atoms with Crippen LogP contribution < -0.4 is 11.3 Å². The number of nitrogens with two attached hydrogens (primary N) is 1. The van der Waals surface area contributed by atoms with Crippen LogP contribution in [0.15, 0.2) is 41.6 Å². The first-order chi connectivity index (χ1) is 9.56. The summed E-state index contributed by atoms with van der Waals surface area (Å²) in [4.78, 5) is 29.8. The van der Waals surface area contributed by atoms with Crippen LogP contribution in [0.5, 0.6) is 0 Å². The van der Waals surface area contributed by atoms with Crippen LogP contribution >= 0.6 is 0 Å². The number of nitrogens with one attached hydrogen (secondary N) is 1. The second kappa shape index (κ2) is 4.34. The number of hydrogen-bond acceptors (Lipinski definition) is 3. The van der Waals surface area contributed by atoms with Crippen molar-refractivity contribution in [3.8, 4) is 11.1 Å². The van der Waals surface area contributed by atoms with E-state index in [0.717, 1.165) is 16.8 Å². The second-order valence-electron chi connectivity index (χ2n) is 4.53. The van der Waals surface area contributed by atoms with Crippen molar-refractivity contribution in [2.45, 2.75) is 6.92 Å². The summed E-state index contributed by atoms with van der Waals surface area (Å²) in [5.74, 6) is -0.740. The molecule has 0 radical (unpaired) electrons. The minimum absolute atomic E-state index is 0.0451. The van der Waals surface area contributed by atoms with E-state index in [2.05, 4.69) is 9.97 Å². The molecule has 0 bridgehead atoms. The van der Waals surface area contributed by atoms with E-state index in [9.17, 15) is 9.59 Å². The predicted molar refractivity (Wildman–Crippen MR) is 74.5 cm³/mol. The Labute approximate surface area is 113 Å². The molecule has 0 aliphatic rings. The maximum Gasteiger partial charge on any atom is 0.261 e. The second-order valence-corrected chi connectivity index (χ2v) is 4.53. The van der Waals surface area contributed by atoms with Crippen molar-refractivity contribution < 1.29 is 4.79 Å². The van der Waals surface area contributed by atoms with Crippen molar-refractivity contribution in [3.63, 3.8) is 0 Å². The molecule has 100 valence electrons. The number of primary amides is 1. The van der Waals surface area contributed by atoms with E-state index in [1.165, 1.54) is 6.07 Å². The van der Waals surface area contributed by atoms with Gasteiger partial charge in [-0.2, -0.15) is 0 Å². The fraction of sp³-hybridized carbons (Fsp3) is 0.0714. The number of aryl methyl sites for hydroxylation is 1. The predicted octanol–water partition coefficient (Wildman–Crippen LogP) is 1.10. The summed E-state index contributed by atoms with van der Waals surface area (Å²) in [5.41, 5.74) is 7.83. The van der Waals surface area contributed by atoms with Gasteiger partial charge in [0.2, 0.25) is 0 Å².